The largest absolute Gasteiger partial charge is 0.358 e. The molecule has 5 saturated carbocycles. The number of carbonyl (C=O) groups is 4. The molecule has 4 heterocycles. The lowest BCUT2D eigenvalue weighted by Gasteiger charge is -2.69. The summed E-state index contributed by atoms with van der Waals surface area (Å²) < 4.78 is 0. The van der Waals surface area contributed by atoms with E-state index in [4.69, 9.17) is 0 Å². The van der Waals surface area contributed by atoms with Gasteiger partial charge in [-0.15, -0.1) is 0 Å². The summed E-state index contributed by atoms with van der Waals surface area (Å²) in [6.07, 6.45) is 10.9. The summed E-state index contributed by atoms with van der Waals surface area (Å²) >= 11 is 0. The molecular weight excluding hydrogens is 492 g/mol. The second kappa shape index (κ2) is 5.76. The Morgan fingerprint density at radius 2 is 1.15 bits per heavy atom. The van der Waals surface area contributed by atoms with Gasteiger partial charge in [0.2, 0.25) is 23.4 Å². The van der Waals surface area contributed by atoms with Crippen molar-refractivity contribution in [2.45, 2.75) is 56.8 Å². The molecule has 196 valence electrons. The summed E-state index contributed by atoms with van der Waals surface area (Å²) in [5.74, 6) is 0.820. The van der Waals surface area contributed by atoms with Crippen molar-refractivity contribution in [1.82, 2.24) is 19.8 Å². The van der Waals surface area contributed by atoms with Gasteiger partial charge in [-0.25, -0.2) is 0 Å². The number of piperidine rings is 2. The molecule has 2 aliphatic heterocycles. The van der Waals surface area contributed by atoms with Crippen LogP contribution >= 0.6 is 0 Å². The fraction of sp³-hybridized carbons (Fsp3) is 0.484. The van der Waals surface area contributed by atoms with Crippen molar-refractivity contribution >= 4 is 23.4 Å². The van der Waals surface area contributed by atoms with Crippen molar-refractivity contribution in [3.8, 4) is 0 Å². The first kappa shape index (κ1) is 21.2. The number of ketones is 2. The zero-order chi connectivity index (χ0) is 26.4. The number of hydrogen-bond donors (Lipinski definition) is 2. The third-order valence-electron chi connectivity index (χ3n) is 12.0. The van der Waals surface area contributed by atoms with Gasteiger partial charge in [-0.2, -0.15) is 0 Å². The molecule has 0 radical (unpaired) electrons. The molecular formula is C31H28N4O4. The van der Waals surface area contributed by atoms with Crippen LogP contribution in [0.4, 0.5) is 0 Å². The Labute approximate surface area is 224 Å². The number of aryl methyl sites for hydroxylation is 2. The number of likely N-dealkylation sites (tertiary alicyclic amines) is 2. The van der Waals surface area contributed by atoms with E-state index in [1.165, 1.54) is 0 Å². The number of hydrogen-bond acceptors (Lipinski definition) is 4. The number of rotatable bonds is 2. The highest BCUT2D eigenvalue weighted by molar-refractivity contribution is 6.10. The SMILES string of the molecule is Cc1c[nH]c2c1[C@@]13CC1CN(C(=O)C14CC(C(=O)N5C[C@H]6C[C@@]67C5=CC(=O)c5[nH]cc(C)c57)(C1)C4)C3=CC2=O. The topological polar surface area (TPSA) is 106 Å². The maximum atomic E-state index is 14.0. The average Bonchev–Trinajstić information content (AvgIpc) is 3.45. The molecule has 7 aliphatic carbocycles. The van der Waals surface area contributed by atoms with Crippen LogP contribution in [0.5, 0.6) is 0 Å². The van der Waals surface area contributed by atoms with Crippen LogP contribution in [0.3, 0.4) is 0 Å². The molecule has 8 nitrogen and oxygen atoms in total. The quantitative estimate of drug-likeness (QED) is 0.634. The molecule has 2 aromatic rings. The Bertz CT molecular complexity index is 1610. The van der Waals surface area contributed by atoms with Gasteiger partial charge < -0.3 is 19.8 Å². The Balaban J connectivity index is 0.917. The van der Waals surface area contributed by atoms with Crippen LogP contribution in [-0.4, -0.2) is 56.2 Å². The first-order chi connectivity index (χ1) is 18.7. The number of fused-ring (bicyclic) bond motifs is 2. The lowest BCUT2D eigenvalue weighted by molar-refractivity contribution is -0.219. The molecule has 9 aliphatic rings. The number of carbonyl (C=O) groups excluding carboxylic acids is 4. The lowest BCUT2D eigenvalue weighted by Crippen LogP contribution is -2.72. The second-order valence-electron chi connectivity index (χ2n) is 13.9. The molecule has 4 atom stereocenters. The molecule has 2 bridgehead atoms. The fourth-order valence-electron chi connectivity index (χ4n) is 10.3. The smallest absolute Gasteiger partial charge is 0.233 e. The summed E-state index contributed by atoms with van der Waals surface area (Å²) in [6, 6.07) is 0. The maximum absolute atomic E-state index is 14.0. The number of H-pyrrole nitrogens is 2. The third kappa shape index (κ3) is 1.99. The predicted octanol–water partition coefficient (Wildman–Crippen LogP) is 3.19. The number of amides is 2. The van der Waals surface area contributed by atoms with Gasteiger partial charge in [0.05, 0.1) is 22.2 Å². The van der Waals surface area contributed by atoms with Crippen molar-refractivity contribution in [1.29, 1.82) is 0 Å². The van der Waals surface area contributed by atoms with E-state index >= 15 is 0 Å². The van der Waals surface area contributed by atoms with E-state index in [9.17, 15) is 19.2 Å². The Hall–Kier alpha value is -3.68. The van der Waals surface area contributed by atoms with Gasteiger partial charge in [-0.3, -0.25) is 19.2 Å². The highest BCUT2D eigenvalue weighted by atomic mass is 16.2. The van der Waals surface area contributed by atoms with Crippen molar-refractivity contribution in [2.24, 2.45) is 22.7 Å². The van der Waals surface area contributed by atoms with E-state index in [1.807, 2.05) is 36.0 Å². The van der Waals surface area contributed by atoms with Crippen molar-refractivity contribution in [3.05, 3.63) is 69.6 Å². The monoisotopic (exact) mass is 520 g/mol. The number of aromatic nitrogens is 2. The van der Waals surface area contributed by atoms with Crippen LogP contribution in [0.15, 0.2) is 35.9 Å². The summed E-state index contributed by atoms with van der Waals surface area (Å²) in [5.41, 5.74) is 6.12. The van der Waals surface area contributed by atoms with Crippen molar-refractivity contribution < 1.29 is 19.2 Å². The van der Waals surface area contributed by atoms with Crippen LogP contribution in [0.25, 0.3) is 0 Å². The average molecular weight is 521 g/mol. The Morgan fingerprint density at radius 3 is 1.56 bits per heavy atom. The number of nitrogens with one attached hydrogen (secondary N) is 2. The molecule has 39 heavy (non-hydrogen) atoms. The first-order valence-corrected chi connectivity index (χ1v) is 14.2. The van der Waals surface area contributed by atoms with Gasteiger partial charge in [-0.1, -0.05) is 0 Å². The van der Waals surface area contributed by atoms with Crippen LogP contribution in [0.2, 0.25) is 0 Å². The Kier molecular flexibility index (Phi) is 3.13. The Morgan fingerprint density at radius 1 is 0.744 bits per heavy atom. The molecule has 1 unspecified atom stereocenters. The first-order valence-electron chi connectivity index (χ1n) is 14.2. The predicted molar refractivity (Wildman–Crippen MR) is 138 cm³/mol. The van der Waals surface area contributed by atoms with Crippen molar-refractivity contribution in [2.75, 3.05) is 13.1 Å². The second-order valence-corrected chi connectivity index (χ2v) is 13.9. The fourth-order valence-corrected chi connectivity index (χ4v) is 10.3. The molecule has 7 fully saturated rings. The summed E-state index contributed by atoms with van der Waals surface area (Å²) in [5, 5.41) is 0. The summed E-state index contributed by atoms with van der Waals surface area (Å²) in [6.45, 7) is 5.40. The molecule has 2 N–H and O–H groups in total. The zero-order valence-electron chi connectivity index (χ0n) is 21.9. The van der Waals surface area contributed by atoms with Crippen LogP contribution < -0.4 is 0 Å². The van der Waals surface area contributed by atoms with Gasteiger partial charge in [0.25, 0.3) is 0 Å². The lowest BCUT2D eigenvalue weighted by atomic mass is 9.34. The van der Waals surface area contributed by atoms with Crippen LogP contribution in [0, 0.1) is 36.5 Å². The highest BCUT2D eigenvalue weighted by Crippen LogP contribution is 2.77. The minimum Gasteiger partial charge on any atom is -0.358 e. The third-order valence-corrected chi connectivity index (χ3v) is 12.0. The van der Waals surface area contributed by atoms with Crippen molar-refractivity contribution in [3.63, 3.8) is 0 Å². The van der Waals surface area contributed by atoms with Gasteiger partial charge in [0.15, 0.2) is 0 Å². The molecule has 11 rings (SSSR count). The summed E-state index contributed by atoms with van der Waals surface area (Å²) in [4.78, 5) is 63.9. The van der Waals surface area contributed by atoms with E-state index < -0.39 is 10.8 Å². The van der Waals surface area contributed by atoms with E-state index in [0.717, 1.165) is 46.5 Å². The molecule has 2 saturated heterocycles. The maximum Gasteiger partial charge on any atom is 0.233 e. The van der Waals surface area contributed by atoms with E-state index in [-0.39, 0.29) is 34.2 Å². The van der Waals surface area contributed by atoms with Crippen LogP contribution in [-0.2, 0) is 20.4 Å². The minimum absolute atomic E-state index is 0.0500. The standard InChI is InChI=1S/C31H28N4O4/c1-14-7-32-24-18(36)3-20-30(22(14)24)5-16(30)9-34(20)26(38)28-11-29(12-28,13-28)27(39)35-10-17-6-31(17)21(35)4-19(37)25-23(31)15(2)8-33-25/h3-4,7-8,16-17,32-33H,5-6,9-13H2,1-2H3/t16-,17?,28?,29?,30+,31+/m1/s1. The summed E-state index contributed by atoms with van der Waals surface area (Å²) in [7, 11) is 0. The zero-order valence-corrected chi connectivity index (χ0v) is 21.9. The number of aromatic amines is 2. The number of allylic oxidation sites excluding steroid dienone is 4. The van der Waals surface area contributed by atoms with E-state index in [2.05, 4.69) is 9.97 Å². The van der Waals surface area contributed by atoms with E-state index in [1.54, 1.807) is 12.2 Å². The number of nitrogens with zero attached hydrogens (tertiary/aromatic N) is 2. The van der Waals surface area contributed by atoms with Gasteiger partial charge >= 0.3 is 0 Å². The van der Waals surface area contributed by atoms with Gasteiger partial charge in [0, 0.05) is 59.9 Å². The highest BCUT2D eigenvalue weighted by Gasteiger charge is 2.79. The van der Waals surface area contributed by atoms with Gasteiger partial charge in [0.1, 0.15) is 0 Å². The van der Waals surface area contributed by atoms with Gasteiger partial charge in [-0.05, 0) is 80.0 Å². The molecule has 2 amide bonds. The van der Waals surface area contributed by atoms with Crippen LogP contribution in [0.1, 0.15) is 75.3 Å². The normalized spacial score (nSPS) is 40.8. The molecule has 2 aromatic heterocycles. The molecule has 0 aromatic carbocycles. The minimum atomic E-state index is -0.494. The molecule has 8 heteroatoms. The van der Waals surface area contributed by atoms with E-state index in [0.29, 0.717) is 55.6 Å². The molecule has 2 spiro atoms.